The minimum absolute atomic E-state index is 0.0713. The quantitative estimate of drug-likeness (QED) is 0.605. The number of allylic oxidation sites excluding steroid dienone is 2. The first-order valence-corrected chi connectivity index (χ1v) is 8.82. The van der Waals surface area contributed by atoms with E-state index in [1.807, 2.05) is 0 Å². The second kappa shape index (κ2) is 7.77. The Morgan fingerprint density at radius 2 is 2.00 bits per heavy atom. The lowest BCUT2D eigenvalue weighted by molar-refractivity contribution is -0.0874. The number of likely N-dealkylation sites (tertiary alicyclic amines) is 1. The third-order valence-electron chi connectivity index (χ3n) is 4.35. The third-order valence-corrected chi connectivity index (χ3v) is 4.61. The monoisotopic (exact) mass is 382 g/mol. The fourth-order valence-corrected chi connectivity index (χ4v) is 3.23. The van der Waals surface area contributed by atoms with Crippen LogP contribution in [0.25, 0.3) is 6.08 Å². The average molecular weight is 382 g/mol. The number of benzene rings is 1. The Hall–Kier alpha value is -1.90. The fraction of sp³-hybridized carbons (Fsp3) is 0.333. The van der Waals surface area contributed by atoms with Crippen molar-refractivity contribution >= 4 is 24.4 Å². The highest BCUT2D eigenvalue weighted by Gasteiger charge is 2.34. The molecular formula is C18H21F3N4S. The number of nitrogens with one attached hydrogen (secondary N) is 2. The van der Waals surface area contributed by atoms with Crippen molar-refractivity contribution in [3.63, 3.8) is 0 Å². The van der Waals surface area contributed by atoms with E-state index in [1.54, 1.807) is 24.3 Å². The molecule has 2 heterocycles. The predicted octanol–water partition coefficient (Wildman–Crippen LogP) is 2.95. The maximum absolute atomic E-state index is 13.5. The molecule has 2 aliphatic rings. The smallest absolute Gasteiger partial charge is 0.378 e. The molecule has 26 heavy (non-hydrogen) atoms. The Morgan fingerprint density at radius 1 is 1.27 bits per heavy atom. The van der Waals surface area contributed by atoms with Gasteiger partial charge in [-0.25, -0.2) is 0 Å². The topological polar surface area (TPSA) is 53.3 Å². The highest BCUT2D eigenvalue weighted by molar-refractivity contribution is 7.83. The minimum Gasteiger partial charge on any atom is -0.378 e. The van der Waals surface area contributed by atoms with E-state index in [-0.39, 0.29) is 6.04 Å². The molecule has 4 nitrogen and oxygen atoms in total. The molecule has 1 fully saturated rings. The normalized spacial score (nSPS) is 24.3. The summed E-state index contributed by atoms with van der Waals surface area (Å²) >= 11 is 4.19. The molecule has 3 rings (SSSR count). The molecule has 2 aliphatic heterocycles. The maximum Gasteiger partial charge on any atom is 0.416 e. The molecule has 0 unspecified atom stereocenters. The summed E-state index contributed by atoms with van der Waals surface area (Å²) in [7, 11) is 0. The molecule has 4 N–H and O–H groups in total. The summed E-state index contributed by atoms with van der Waals surface area (Å²) in [6.45, 7) is 2.84. The van der Waals surface area contributed by atoms with Crippen LogP contribution in [0.4, 0.5) is 18.9 Å². The van der Waals surface area contributed by atoms with Gasteiger partial charge in [-0.15, -0.1) is 12.6 Å². The standard InChI is InChI=1S/C18H21F3N4S/c19-18(20,21)13-7-12-3-1-2-4-15(12)24-17(11-26)16(8-13)23-14-9-25(10-14)6-5-22/h1-4,7-8,11,14,23-24,26H,5-6,9-10,22H2/b13-7+,16-8+,17-11-. The van der Waals surface area contributed by atoms with Gasteiger partial charge in [0.25, 0.3) is 0 Å². The predicted molar refractivity (Wildman–Crippen MR) is 102 cm³/mol. The second-order valence-corrected chi connectivity index (χ2v) is 6.56. The van der Waals surface area contributed by atoms with Crippen LogP contribution in [-0.4, -0.2) is 43.3 Å². The third kappa shape index (κ3) is 4.25. The van der Waals surface area contributed by atoms with E-state index in [4.69, 9.17) is 5.73 Å². The van der Waals surface area contributed by atoms with E-state index in [9.17, 15) is 13.2 Å². The van der Waals surface area contributed by atoms with Gasteiger partial charge in [-0.1, -0.05) is 18.2 Å². The summed E-state index contributed by atoms with van der Waals surface area (Å²) in [6, 6.07) is 6.94. The van der Waals surface area contributed by atoms with Crippen molar-refractivity contribution < 1.29 is 13.2 Å². The summed E-state index contributed by atoms with van der Waals surface area (Å²) in [5.41, 5.74) is 6.75. The van der Waals surface area contributed by atoms with E-state index < -0.39 is 11.7 Å². The molecule has 0 bridgehead atoms. The Labute approximate surface area is 156 Å². The summed E-state index contributed by atoms with van der Waals surface area (Å²) < 4.78 is 40.6. The molecule has 8 heteroatoms. The van der Waals surface area contributed by atoms with Gasteiger partial charge in [0, 0.05) is 31.9 Å². The zero-order valence-corrected chi connectivity index (χ0v) is 14.9. The molecule has 1 saturated heterocycles. The molecule has 0 aliphatic carbocycles. The van der Waals surface area contributed by atoms with Gasteiger partial charge in [0.1, 0.15) is 0 Å². The van der Waals surface area contributed by atoms with Gasteiger partial charge in [0.05, 0.1) is 23.0 Å². The Balaban J connectivity index is 1.92. The molecule has 0 amide bonds. The zero-order chi connectivity index (χ0) is 18.7. The van der Waals surface area contributed by atoms with Crippen molar-refractivity contribution in [2.24, 2.45) is 5.73 Å². The van der Waals surface area contributed by atoms with Crippen molar-refractivity contribution in [3.05, 3.63) is 58.3 Å². The molecule has 0 radical (unpaired) electrons. The molecule has 0 spiro atoms. The number of nitrogens with zero attached hydrogens (tertiary/aromatic N) is 1. The van der Waals surface area contributed by atoms with Crippen LogP contribution in [0.1, 0.15) is 5.56 Å². The Bertz CT molecular complexity index is 749. The Kier molecular flexibility index (Phi) is 5.64. The van der Waals surface area contributed by atoms with Gasteiger partial charge in [0.2, 0.25) is 0 Å². The number of alkyl halides is 3. The van der Waals surface area contributed by atoms with Gasteiger partial charge < -0.3 is 16.4 Å². The van der Waals surface area contributed by atoms with Crippen molar-refractivity contribution in [2.75, 3.05) is 31.5 Å². The highest BCUT2D eigenvalue weighted by atomic mass is 32.1. The van der Waals surface area contributed by atoms with Crippen LogP contribution in [0, 0.1) is 0 Å². The number of nitrogens with two attached hydrogens (primary N) is 1. The SMILES string of the molecule is NCCN1CC(N/C2=C/C(C(F)(F)F)=C\c3ccccc3N\C2=C/S)C1. The van der Waals surface area contributed by atoms with E-state index in [1.165, 1.54) is 5.41 Å². The van der Waals surface area contributed by atoms with Gasteiger partial charge in [0.15, 0.2) is 0 Å². The van der Waals surface area contributed by atoms with Crippen molar-refractivity contribution in [3.8, 4) is 0 Å². The van der Waals surface area contributed by atoms with E-state index in [0.717, 1.165) is 31.8 Å². The van der Waals surface area contributed by atoms with Gasteiger partial charge >= 0.3 is 6.18 Å². The first-order chi connectivity index (χ1) is 12.4. The van der Waals surface area contributed by atoms with E-state index in [2.05, 4.69) is 28.2 Å². The van der Waals surface area contributed by atoms with Crippen LogP contribution in [-0.2, 0) is 0 Å². The van der Waals surface area contributed by atoms with Crippen molar-refractivity contribution in [2.45, 2.75) is 12.2 Å². The second-order valence-electron chi connectivity index (χ2n) is 6.30. The van der Waals surface area contributed by atoms with Gasteiger partial charge in [-0.05, 0) is 29.2 Å². The van der Waals surface area contributed by atoms with Gasteiger partial charge in [-0.3, -0.25) is 4.90 Å². The number of hydrogen-bond acceptors (Lipinski definition) is 5. The molecular weight excluding hydrogens is 361 g/mol. The van der Waals surface area contributed by atoms with Crippen molar-refractivity contribution in [1.82, 2.24) is 10.2 Å². The average Bonchev–Trinajstić information content (AvgIpc) is 2.54. The molecule has 0 atom stereocenters. The first kappa shape index (κ1) is 18.9. The van der Waals surface area contributed by atoms with E-state index in [0.29, 0.717) is 29.2 Å². The summed E-state index contributed by atoms with van der Waals surface area (Å²) in [6.07, 6.45) is -2.16. The first-order valence-electron chi connectivity index (χ1n) is 8.31. The summed E-state index contributed by atoms with van der Waals surface area (Å²) in [5.74, 6) is 0. The number of halogens is 3. The summed E-state index contributed by atoms with van der Waals surface area (Å²) in [5, 5.41) is 7.85. The van der Waals surface area contributed by atoms with Crippen LogP contribution in [0.5, 0.6) is 0 Å². The number of anilines is 1. The molecule has 140 valence electrons. The number of rotatable bonds is 4. The minimum atomic E-state index is -4.45. The van der Waals surface area contributed by atoms with E-state index >= 15 is 0 Å². The molecule has 1 aromatic rings. The fourth-order valence-electron chi connectivity index (χ4n) is 3.02. The van der Waals surface area contributed by atoms with Crippen LogP contribution in [0.2, 0.25) is 0 Å². The number of fused-ring (bicyclic) bond motifs is 1. The van der Waals surface area contributed by atoms with Crippen LogP contribution in [0.15, 0.2) is 52.7 Å². The molecule has 0 aromatic heterocycles. The van der Waals surface area contributed by atoms with Gasteiger partial charge in [-0.2, -0.15) is 13.2 Å². The summed E-state index contributed by atoms with van der Waals surface area (Å²) in [4.78, 5) is 2.15. The van der Waals surface area contributed by atoms with Crippen LogP contribution < -0.4 is 16.4 Å². The number of thiol groups is 1. The maximum atomic E-state index is 13.5. The molecule has 1 aromatic carbocycles. The number of para-hydroxylation sites is 1. The van der Waals surface area contributed by atoms with Crippen LogP contribution >= 0.6 is 12.6 Å². The lowest BCUT2D eigenvalue weighted by Gasteiger charge is -2.40. The lowest BCUT2D eigenvalue weighted by atomic mass is 10.0. The number of hydrogen-bond donors (Lipinski definition) is 4. The highest BCUT2D eigenvalue weighted by Crippen LogP contribution is 2.34. The Morgan fingerprint density at radius 3 is 2.65 bits per heavy atom. The lowest BCUT2D eigenvalue weighted by Crippen LogP contribution is -2.58. The zero-order valence-electron chi connectivity index (χ0n) is 14.1. The molecule has 0 saturated carbocycles. The van der Waals surface area contributed by atoms with Crippen molar-refractivity contribution in [1.29, 1.82) is 0 Å². The van der Waals surface area contributed by atoms with Crippen LogP contribution in [0.3, 0.4) is 0 Å². The largest absolute Gasteiger partial charge is 0.416 e.